The van der Waals surface area contributed by atoms with Crippen LogP contribution in [-0.4, -0.2) is 0 Å². The zero-order valence-corrected chi connectivity index (χ0v) is 21.0. The van der Waals surface area contributed by atoms with Crippen LogP contribution in [0, 0.1) is 0 Å². The Labute approximate surface area is 222 Å². The molecule has 0 N–H and O–H groups in total. The standard InChI is InChI=1S/C22H16.C16H10/c1-3-9-17(10-4-1)19-15-16-20(18-11-5-2-6-12-18)22-14-8-7-13-21(19)22;1-3-11-7-9-13-5-2-6-14-10-8-12(4-1)15(11)16(13)14/h1-16H;1-10H. The predicted octanol–water partition coefficient (Wildman–Crippen LogP) is 10.8. The number of fused-ring (bicyclic) bond motifs is 1. The molecule has 0 atom stereocenters. The van der Waals surface area contributed by atoms with Crippen LogP contribution < -0.4 is 0 Å². The Hall–Kier alpha value is -4.94. The summed E-state index contributed by atoms with van der Waals surface area (Å²) in [4.78, 5) is 0. The Morgan fingerprint density at radius 2 is 0.579 bits per heavy atom. The number of hydrogen-bond acceptors (Lipinski definition) is 0. The van der Waals surface area contributed by atoms with Gasteiger partial charge in [0.1, 0.15) is 0 Å². The highest BCUT2D eigenvalue weighted by Gasteiger charge is 2.09. The molecule has 0 amide bonds. The molecule has 0 aliphatic heterocycles. The quantitative estimate of drug-likeness (QED) is 0.215. The summed E-state index contributed by atoms with van der Waals surface area (Å²) < 4.78 is 0. The zero-order valence-electron chi connectivity index (χ0n) is 21.0. The summed E-state index contributed by atoms with van der Waals surface area (Å²) in [7, 11) is 0. The normalized spacial score (nSPS) is 11.2. The lowest BCUT2D eigenvalue weighted by Gasteiger charge is -2.12. The van der Waals surface area contributed by atoms with E-state index < -0.39 is 0 Å². The average molecular weight is 483 g/mol. The number of rotatable bonds is 2. The van der Waals surface area contributed by atoms with E-state index in [2.05, 4.69) is 158 Å². The van der Waals surface area contributed by atoms with Crippen molar-refractivity contribution in [2.75, 3.05) is 0 Å². The maximum atomic E-state index is 2.24. The largest absolute Gasteiger partial charge is 0.0622 e. The van der Waals surface area contributed by atoms with Gasteiger partial charge >= 0.3 is 0 Å². The zero-order chi connectivity index (χ0) is 25.3. The molecule has 0 aliphatic rings. The van der Waals surface area contributed by atoms with Crippen molar-refractivity contribution in [3.63, 3.8) is 0 Å². The van der Waals surface area contributed by atoms with Gasteiger partial charge in [-0.3, -0.25) is 0 Å². The highest BCUT2D eigenvalue weighted by Crippen LogP contribution is 2.36. The molecule has 178 valence electrons. The Morgan fingerprint density at radius 3 is 0.947 bits per heavy atom. The smallest absolute Gasteiger partial charge is 0.00268 e. The second kappa shape index (κ2) is 9.50. The van der Waals surface area contributed by atoms with Crippen LogP contribution in [0.4, 0.5) is 0 Å². The Balaban J connectivity index is 0.000000133. The molecule has 0 aliphatic carbocycles. The maximum absolute atomic E-state index is 2.24. The van der Waals surface area contributed by atoms with Crippen LogP contribution in [0.15, 0.2) is 158 Å². The summed E-state index contributed by atoms with van der Waals surface area (Å²) in [5.74, 6) is 0. The fourth-order valence-electron chi connectivity index (χ4n) is 5.71. The molecule has 8 rings (SSSR count). The fraction of sp³-hybridized carbons (Fsp3) is 0. The minimum atomic E-state index is 1.26. The van der Waals surface area contributed by atoms with E-state index in [0.29, 0.717) is 0 Å². The van der Waals surface area contributed by atoms with E-state index in [1.54, 1.807) is 0 Å². The molecule has 8 aromatic carbocycles. The molecule has 0 heterocycles. The summed E-state index contributed by atoms with van der Waals surface area (Å²) >= 11 is 0. The van der Waals surface area contributed by atoms with E-state index in [-0.39, 0.29) is 0 Å². The van der Waals surface area contributed by atoms with Crippen molar-refractivity contribution in [2.24, 2.45) is 0 Å². The Morgan fingerprint density at radius 1 is 0.237 bits per heavy atom. The van der Waals surface area contributed by atoms with E-state index >= 15 is 0 Å². The molecule has 0 aromatic heterocycles. The molecule has 0 heteroatoms. The minimum Gasteiger partial charge on any atom is -0.0622 e. The number of benzene rings is 8. The van der Waals surface area contributed by atoms with Crippen LogP contribution in [0.25, 0.3) is 65.3 Å². The van der Waals surface area contributed by atoms with Crippen molar-refractivity contribution >= 4 is 43.1 Å². The molecule has 0 bridgehead atoms. The maximum Gasteiger partial charge on any atom is -0.00268 e. The van der Waals surface area contributed by atoms with Gasteiger partial charge in [0.2, 0.25) is 0 Å². The number of hydrogen-bond donors (Lipinski definition) is 0. The van der Waals surface area contributed by atoms with E-state index in [1.807, 2.05) is 0 Å². The third-order valence-corrected chi connectivity index (χ3v) is 7.49. The molecule has 0 saturated heterocycles. The highest BCUT2D eigenvalue weighted by molar-refractivity contribution is 6.22. The summed E-state index contributed by atoms with van der Waals surface area (Å²) in [5.41, 5.74) is 5.10. The van der Waals surface area contributed by atoms with Gasteiger partial charge in [0.05, 0.1) is 0 Å². The average Bonchev–Trinajstić information content (AvgIpc) is 3.01. The van der Waals surface area contributed by atoms with Crippen LogP contribution in [0.2, 0.25) is 0 Å². The van der Waals surface area contributed by atoms with Crippen molar-refractivity contribution in [3.8, 4) is 22.3 Å². The van der Waals surface area contributed by atoms with Gasteiger partial charge in [-0.15, -0.1) is 0 Å². The Kier molecular flexibility index (Phi) is 5.57. The minimum absolute atomic E-state index is 1.26. The second-order valence-electron chi connectivity index (χ2n) is 9.73. The fourth-order valence-corrected chi connectivity index (χ4v) is 5.71. The molecule has 0 unspecified atom stereocenters. The SMILES string of the molecule is c1cc2ccc3cccc4ccc(c1)c2c34.c1ccc(-c2ccc(-c3ccccc3)c3ccccc23)cc1. The topological polar surface area (TPSA) is 0 Å². The summed E-state index contributed by atoms with van der Waals surface area (Å²) in [6.45, 7) is 0. The first-order valence-corrected chi connectivity index (χ1v) is 13.1. The van der Waals surface area contributed by atoms with Crippen LogP contribution in [0.1, 0.15) is 0 Å². The molecule has 0 saturated carbocycles. The molecule has 38 heavy (non-hydrogen) atoms. The first kappa shape index (κ1) is 22.3. The van der Waals surface area contributed by atoms with Crippen molar-refractivity contribution in [1.29, 1.82) is 0 Å². The van der Waals surface area contributed by atoms with E-state index in [4.69, 9.17) is 0 Å². The second-order valence-corrected chi connectivity index (χ2v) is 9.73. The van der Waals surface area contributed by atoms with Gasteiger partial charge in [-0.25, -0.2) is 0 Å². The van der Waals surface area contributed by atoms with Gasteiger partial charge < -0.3 is 0 Å². The van der Waals surface area contributed by atoms with Crippen molar-refractivity contribution in [2.45, 2.75) is 0 Å². The van der Waals surface area contributed by atoms with Crippen LogP contribution in [0.3, 0.4) is 0 Å². The van der Waals surface area contributed by atoms with Crippen LogP contribution >= 0.6 is 0 Å². The summed E-state index contributed by atoms with van der Waals surface area (Å²) in [5, 5.41) is 10.7. The van der Waals surface area contributed by atoms with E-state index in [1.165, 1.54) is 65.3 Å². The third-order valence-electron chi connectivity index (χ3n) is 7.49. The lowest BCUT2D eigenvalue weighted by molar-refractivity contribution is 1.62. The lowest BCUT2D eigenvalue weighted by Crippen LogP contribution is -1.85. The van der Waals surface area contributed by atoms with E-state index in [0.717, 1.165) is 0 Å². The Bertz CT molecular complexity index is 1790. The molecule has 0 spiro atoms. The van der Waals surface area contributed by atoms with Gasteiger partial charge in [-0.2, -0.15) is 0 Å². The van der Waals surface area contributed by atoms with Gasteiger partial charge in [0.15, 0.2) is 0 Å². The monoisotopic (exact) mass is 482 g/mol. The molecule has 0 radical (unpaired) electrons. The molecule has 0 fully saturated rings. The first-order valence-electron chi connectivity index (χ1n) is 13.1. The summed E-state index contributed by atoms with van der Waals surface area (Å²) in [6.07, 6.45) is 0. The van der Waals surface area contributed by atoms with Crippen LogP contribution in [0.5, 0.6) is 0 Å². The van der Waals surface area contributed by atoms with Crippen molar-refractivity contribution < 1.29 is 0 Å². The first-order chi connectivity index (χ1) is 18.9. The van der Waals surface area contributed by atoms with Crippen molar-refractivity contribution in [1.82, 2.24) is 0 Å². The van der Waals surface area contributed by atoms with Gasteiger partial charge in [-0.05, 0) is 65.3 Å². The molecule has 8 aromatic rings. The molecular weight excluding hydrogens is 456 g/mol. The summed E-state index contributed by atoms with van der Waals surface area (Å²) in [6, 6.07) is 56.2. The lowest BCUT2D eigenvalue weighted by atomic mass is 9.92. The van der Waals surface area contributed by atoms with Gasteiger partial charge in [-0.1, -0.05) is 158 Å². The molecule has 0 nitrogen and oxygen atoms in total. The van der Waals surface area contributed by atoms with Gasteiger partial charge in [0.25, 0.3) is 0 Å². The highest BCUT2D eigenvalue weighted by atomic mass is 14.1. The van der Waals surface area contributed by atoms with Crippen molar-refractivity contribution in [3.05, 3.63) is 158 Å². The van der Waals surface area contributed by atoms with Crippen LogP contribution in [-0.2, 0) is 0 Å². The third kappa shape index (κ3) is 3.88. The van der Waals surface area contributed by atoms with Gasteiger partial charge in [0, 0.05) is 0 Å². The molecular formula is C38H26. The predicted molar refractivity (Wildman–Crippen MR) is 165 cm³/mol. The van der Waals surface area contributed by atoms with E-state index in [9.17, 15) is 0 Å².